The van der Waals surface area contributed by atoms with Crippen LogP contribution >= 0.6 is 11.6 Å². The summed E-state index contributed by atoms with van der Waals surface area (Å²) in [6, 6.07) is 17.7. The fourth-order valence-electron chi connectivity index (χ4n) is 2.76. The van der Waals surface area contributed by atoms with Crippen molar-refractivity contribution < 1.29 is 9.59 Å². The monoisotopic (exact) mass is 407 g/mol. The van der Waals surface area contributed by atoms with Crippen LogP contribution in [0.5, 0.6) is 0 Å². The number of hydrogen-bond donors (Lipinski definition) is 2. The predicted octanol–water partition coefficient (Wildman–Crippen LogP) is 5.54. The van der Waals surface area contributed by atoms with Crippen molar-refractivity contribution in [1.29, 1.82) is 0 Å². The van der Waals surface area contributed by atoms with Crippen LogP contribution in [-0.2, 0) is 5.41 Å². The van der Waals surface area contributed by atoms with Crippen LogP contribution in [0.4, 0.5) is 11.4 Å². The summed E-state index contributed by atoms with van der Waals surface area (Å²) in [5.74, 6) is -0.661. The van der Waals surface area contributed by atoms with Crippen LogP contribution in [0.2, 0.25) is 5.15 Å². The first-order valence-electron chi connectivity index (χ1n) is 9.18. The summed E-state index contributed by atoms with van der Waals surface area (Å²) in [7, 11) is 0. The molecule has 0 saturated carbocycles. The van der Waals surface area contributed by atoms with E-state index in [1.807, 2.05) is 12.1 Å². The minimum absolute atomic E-state index is 0.0133. The largest absolute Gasteiger partial charge is 0.320 e. The maximum absolute atomic E-state index is 12.7. The Morgan fingerprint density at radius 1 is 0.828 bits per heavy atom. The second-order valence-corrected chi connectivity index (χ2v) is 7.98. The van der Waals surface area contributed by atoms with E-state index in [2.05, 4.69) is 36.4 Å². The van der Waals surface area contributed by atoms with E-state index in [9.17, 15) is 9.59 Å². The number of aromatic nitrogens is 1. The van der Waals surface area contributed by atoms with Crippen molar-refractivity contribution in [1.82, 2.24) is 4.98 Å². The Morgan fingerprint density at radius 3 is 1.97 bits per heavy atom. The fourth-order valence-corrected chi connectivity index (χ4v) is 2.97. The number of hydrogen-bond acceptors (Lipinski definition) is 3. The van der Waals surface area contributed by atoms with Crippen molar-refractivity contribution in [3.8, 4) is 0 Å². The molecule has 29 heavy (non-hydrogen) atoms. The average Bonchev–Trinajstić information content (AvgIpc) is 2.69. The minimum atomic E-state index is -0.403. The Hall–Kier alpha value is -3.18. The van der Waals surface area contributed by atoms with Gasteiger partial charge >= 0.3 is 0 Å². The Labute approximate surface area is 175 Å². The minimum Gasteiger partial charge on any atom is -0.320 e. The number of para-hydroxylation sites is 2. The third-order valence-electron chi connectivity index (χ3n) is 4.44. The highest BCUT2D eigenvalue weighted by atomic mass is 35.5. The highest BCUT2D eigenvalue weighted by Crippen LogP contribution is 2.25. The molecule has 0 unspecified atom stereocenters. The number of carbonyl (C=O) groups excluding carboxylic acids is 2. The first-order chi connectivity index (χ1) is 13.8. The van der Waals surface area contributed by atoms with Gasteiger partial charge in [0.2, 0.25) is 0 Å². The zero-order valence-corrected chi connectivity index (χ0v) is 17.2. The van der Waals surface area contributed by atoms with Gasteiger partial charge in [-0.05, 0) is 47.4 Å². The number of anilines is 2. The van der Waals surface area contributed by atoms with Crippen molar-refractivity contribution in [2.75, 3.05) is 10.6 Å². The molecule has 148 valence electrons. The van der Waals surface area contributed by atoms with Gasteiger partial charge in [-0.25, -0.2) is 4.98 Å². The first kappa shape index (κ1) is 20.6. The number of nitrogens with one attached hydrogen (secondary N) is 2. The van der Waals surface area contributed by atoms with Gasteiger partial charge in [-0.15, -0.1) is 0 Å². The van der Waals surface area contributed by atoms with E-state index in [1.54, 1.807) is 48.5 Å². The van der Waals surface area contributed by atoms with Crippen LogP contribution in [0.1, 0.15) is 47.1 Å². The van der Waals surface area contributed by atoms with E-state index in [0.717, 1.165) is 5.56 Å². The molecule has 3 rings (SSSR count). The number of carbonyl (C=O) groups is 2. The molecular weight excluding hydrogens is 386 g/mol. The summed E-state index contributed by atoms with van der Waals surface area (Å²) < 4.78 is 0. The highest BCUT2D eigenvalue weighted by molar-refractivity contribution is 6.33. The molecule has 6 heteroatoms. The average molecular weight is 408 g/mol. The van der Waals surface area contributed by atoms with E-state index >= 15 is 0 Å². The number of rotatable bonds is 4. The molecule has 0 aliphatic heterocycles. The van der Waals surface area contributed by atoms with Gasteiger partial charge in [0.25, 0.3) is 11.8 Å². The van der Waals surface area contributed by atoms with Crippen LogP contribution in [0.25, 0.3) is 0 Å². The molecule has 0 aliphatic rings. The smallest absolute Gasteiger partial charge is 0.258 e. The molecule has 2 aromatic carbocycles. The van der Waals surface area contributed by atoms with Crippen LogP contribution in [0, 0.1) is 0 Å². The van der Waals surface area contributed by atoms with E-state index in [1.165, 1.54) is 6.20 Å². The number of halogens is 1. The molecule has 2 N–H and O–H groups in total. The SMILES string of the molecule is CC(C)(C)c1ccc(C(=O)Nc2ccccc2NC(=O)c2cccnc2Cl)cc1. The van der Waals surface area contributed by atoms with Crippen molar-refractivity contribution in [3.63, 3.8) is 0 Å². The van der Waals surface area contributed by atoms with E-state index in [4.69, 9.17) is 11.6 Å². The van der Waals surface area contributed by atoms with Gasteiger partial charge in [0.05, 0.1) is 16.9 Å². The molecule has 1 aromatic heterocycles. The van der Waals surface area contributed by atoms with Crippen molar-refractivity contribution in [3.05, 3.63) is 88.7 Å². The maximum atomic E-state index is 12.7. The number of amides is 2. The van der Waals surface area contributed by atoms with E-state index in [0.29, 0.717) is 16.9 Å². The maximum Gasteiger partial charge on any atom is 0.258 e. The van der Waals surface area contributed by atoms with Crippen molar-refractivity contribution in [2.45, 2.75) is 26.2 Å². The topological polar surface area (TPSA) is 71.1 Å². The molecule has 0 aliphatic carbocycles. The lowest BCUT2D eigenvalue weighted by Gasteiger charge is -2.19. The van der Waals surface area contributed by atoms with Crippen LogP contribution < -0.4 is 10.6 Å². The van der Waals surface area contributed by atoms with Gasteiger partial charge < -0.3 is 10.6 Å². The zero-order valence-electron chi connectivity index (χ0n) is 16.5. The summed E-state index contributed by atoms with van der Waals surface area (Å²) in [6.07, 6.45) is 1.51. The number of pyridine rings is 1. The lowest BCUT2D eigenvalue weighted by atomic mass is 9.87. The summed E-state index contributed by atoms with van der Waals surface area (Å²) >= 11 is 5.99. The predicted molar refractivity (Wildman–Crippen MR) is 117 cm³/mol. The third-order valence-corrected chi connectivity index (χ3v) is 4.74. The molecule has 5 nitrogen and oxygen atoms in total. The van der Waals surface area contributed by atoms with Crippen LogP contribution in [0.3, 0.4) is 0 Å². The third kappa shape index (κ3) is 5.00. The fraction of sp³-hybridized carbons (Fsp3) is 0.174. The standard InChI is InChI=1S/C23H22ClN3O2/c1-23(2,3)16-12-10-15(11-13-16)21(28)26-18-8-4-5-9-19(18)27-22(29)17-7-6-14-25-20(17)24/h4-14H,1-3H3,(H,26,28)(H,27,29). The van der Waals surface area contributed by atoms with Gasteiger partial charge in [0, 0.05) is 11.8 Å². The molecule has 0 fully saturated rings. The zero-order chi connectivity index (χ0) is 21.0. The Morgan fingerprint density at radius 2 is 1.41 bits per heavy atom. The van der Waals surface area contributed by atoms with Crippen LogP contribution in [-0.4, -0.2) is 16.8 Å². The van der Waals surface area contributed by atoms with Gasteiger partial charge in [0.15, 0.2) is 0 Å². The number of benzene rings is 2. The molecule has 1 heterocycles. The molecule has 0 bridgehead atoms. The Balaban J connectivity index is 1.78. The molecule has 2 amide bonds. The molecule has 0 atom stereocenters. The summed E-state index contributed by atoms with van der Waals surface area (Å²) in [6.45, 7) is 6.36. The second kappa shape index (κ2) is 8.45. The molecule has 0 saturated heterocycles. The lowest BCUT2D eigenvalue weighted by Crippen LogP contribution is -2.17. The number of nitrogens with zero attached hydrogens (tertiary/aromatic N) is 1. The molecule has 0 spiro atoms. The van der Waals surface area contributed by atoms with Gasteiger partial charge in [-0.2, -0.15) is 0 Å². The second-order valence-electron chi connectivity index (χ2n) is 7.62. The molecule has 0 radical (unpaired) electrons. The summed E-state index contributed by atoms with van der Waals surface area (Å²) in [5, 5.41) is 5.75. The normalized spacial score (nSPS) is 11.0. The Bertz CT molecular complexity index is 1040. The lowest BCUT2D eigenvalue weighted by molar-refractivity contribution is 0.101. The quantitative estimate of drug-likeness (QED) is 0.558. The summed E-state index contributed by atoms with van der Waals surface area (Å²) in [5.41, 5.74) is 2.92. The van der Waals surface area contributed by atoms with Gasteiger partial charge in [-0.3, -0.25) is 9.59 Å². The molecule has 3 aromatic rings. The first-order valence-corrected chi connectivity index (χ1v) is 9.56. The Kier molecular flexibility index (Phi) is 5.99. The van der Waals surface area contributed by atoms with E-state index < -0.39 is 5.91 Å². The highest BCUT2D eigenvalue weighted by Gasteiger charge is 2.16. The van der Waals surface area contributed by atoms with Crippen molar-refractivity contribution in [2.24, 2.45) is 0 Å². The molecular formula is C23H22ClN3O2. The van der Waals surface area contributed by atoms with Crippen molar-refractivity contribution >= 4 is 34.8 Å². The van der Waals surface area contributed by atoms with Crippen LogP contribution in [0.15, 0.2) is 66.9 Å². The van der Waals surface area contributed by atoms with E-state index in [-0.39, 0.29) is 22.0 Å². The van der Waals surface area contributed by atoms with Gasteiger partial charge in [-0.1, -0.05) is 56.6 Å². The van der Waals surface area contributed by atoms with Gasteiger partial charge in [0.1, 0.15) is 5.15 Å². The summed E-state index contributed by atoms with van der Waals surface area (Å²) in [4.78, 5) is 29.1.